The van der Waals surface area contributed by atoms with Crippen LogP contribution in [0.4, 0.5) is 35.1 Å². The highest BCUT2D eigenvalue weighted by Crippen LogP contribution is 2.40. The molecule has 0 spiro atoms. The molecule has 186 valence electrons. The van der Waals surface area contributed by atoms with Gasteiger partial charge in [0.25, 0.3) is 0 Å². The molecular weight excluding hydrogens is 464 g/mol. The van der Waals surface area contributed by atoms with Crippen molar-refractivity contribution in [3.8, 4) is 0 Å². The normalized spacial score (nSPS) is 16.1. The Kier molecular flexibility index (Phi) is 10.5. The summed E-state index contributed by atoms with van der Waals surface area (Å²) in [4.78, 5) is 21.7. The molecule has 0 aromatic carbocycles. The van der Waals surface area contributed by atoms with Crippen LogP contribution in [-0.4, -0.2) is 67.3 Å². The van der Waals surface area contributed by atoms with Crippen molar-refractivity contribution >= 4 is 11.8 Å². The van der Waals surface area contributed by atoms with Crippen molar-refractivity contribution in [2.45, 2.75) is 63.1 Å². The number of alkyl halides is 8. The Morgan fingerprint density at radius 1 is 1.00 bits per heavy atom. The summed E-state index contributed by atoms with van der Waals surface area (Å²) in [5, 5.41) is 0. The number of halogens is 8. The van der Waals surface area contributed by atoms with Gasteiger partial charge in [0.05, 0.1) is 6.10 Å². The minimum atomic E-state index is -5.26. The van der Waals surface area contributed by atoms with Crippen LogP contribution in [0.3, 0.4) is 0 Å². The molecule has 0 saturated heterocycles. The number of rotatable bonds is 15. The molecule has 0 aromatic heterocycles. The number of esters is 1. The number of hydrogen-bond donors (Lipinski definition) is 0. The second-order valence-corrected chi connectivity index (χ2v) is 6.78. The maximum atomic E-state index is 14.1. The van der Waals surface area contributed by atoms with Gasteiger partial charge in [-0.15, -0.1) is 8.78 Å². The van der Waals surface area contributed by atoms with E-state index in [-0.39, 0.29) is 0 Å². The fraction of sp³-hybridized carbons (Fsp3) is 0.667. The molecule has 0 radical (unpaired) electrons. The molecule has 0 saturated carbocycles. The van der Waals surface area contributed by atoms with Gasteiger partial charge in [0, 0.05) is 6.08 Å². The smallest absolute Gasteiger partial charge is 0.456 e. The Hall–Kier alpha value is -2.06. The highest BCUT2D eigenvalue weighted by atomic mass is 19.3. The van der Waals surface area contributed by atoms with Gasteiger partial charge >= 0.3 is 24.3 Å². The lowest BCUT2D eigenvalue weighted by Crippen LogP contribution is -2.56. The Balaban J connectivity index is 5.24. The lowest BCUT2D eigenvalue weighted by Gasteiger charge is -2.38. The summed E-state index contributed by atoms with van der Waals surface area (Å²) >= 11 is 0. The van der Waals surface area contributed by atoms with Gasteiger partial charge in [-0.1, -0.05) is 13.2 Å². The van der Waals surface area contributed by atoms with Crippen LogP contribution < -0.4 is 0 Å². The fourth-order valence-corrected chi connectivity index (χ4v) is 1.82. The van der Waals surface area contributed by atoms with E-state index in [4.69, 9.17) is 0 Å². The van der Waals surface area contributed by atoms with Crippen molar-refractivity contribution in [1.82, 2.24) is 0 Å². The number of hydrogen-bond acceptors (Lipinski definition) is 6. The first kappa shape index (κ1) is 29.9. The van der Waals surface area contributed by atoms with Crippen LogP contribution in [0.2, 0.25) is 0 Å². The van der Waals surface area contributed by atoms with E-state index in [1.165, 1.54) is 0 Å². The van der Waals surface area contributed by atoms with Crippen LogP contribution in [0.25, 0.3) is 0 Å². The zero-order chi connectivity index (χ0) is 25.5. The SMILES string of the molecule is C=CC(=O)COC(F)(F)OC(C)C(F)C(F)C(F)(F)OC(C)(C)C(F)(F)COC(=O)C=C. The molecule has 0 aliphatic rings. The van der Waals surface area contributed by atoms with Crippen LogP contribution >= 0.6 is 0 Å². The third-order valence-electron chi connectivity index (χ3n) is 3.82. The first-order valence-electron chi connectivity index (χ1n) is 8.70. The lowest BCUT2D eigenvalue weighted by atomic mass is 10.0. The highest BCUT2D eigenvalue weighted by molar-refractivity contribution is 5.90. The zero-order valence-electron chi connectivity index (χ0n) is 17.2. The van der Waals surface area contributed by atoms with Crippen LogP contribution in [-0.2, 0) is 28.5 Å². The standard InChI is InChI=1S/C18H22F8O6/c1-6-11(27)8-30-18(25,26)31-10(3)13(19)14(20)17(23,24)32-15(4,5)16(21,22)9-29-12(28)7-2/h6-7,10,13-14H,1-2,8-9H2,3-5H3. The van der Waals surface area contributed by atoms with Crippen molar-refractivity contribution in [2.24, 2.45) is 0 Å². The molecule has 3 atom stereocenters. The van der Waals surface area contributed by atoms with Crippen LogP contribution in [0.1, 0.15) is 20.8 Å². The first-order chi connectivity index (χ1) is 14.3. The monoisotopic (exact) mass is 486 g/mol. The third-order valence-corrected chi connectivity index (χ3v) is 3.82. The molecule has 3 unspecified atom stereocenters. The van der Waals surface area contributed by atoms with Gasteiger partial charge < -0.3 is 9.47 Å². The molecule has 0 rings (SSSR count). The molecule has 0 amide bonds. The van der Waals surface area contributed by atoms with Crippen LogP contribution in [0, 0.1) is 0 Å². The predicted octanol–water partition coefficient (Wildman–Crippen LogP) is 4.14. The molecule has 0 bridgehead atoms. The van der Waals surface area contributed by atoms with Crippen molar-refractivity contribution in [1.29, 1.82) is 0 Å². The van der Waals surface area contributed by atoms with Gasteiger partial charge in [-0.2, -0.15) is 17.6 Å². The second-order valence-electron chi connectivity index (χ2n) is 6.78. The molecular formula is C18H22F8O6. The van der Waals surface area contributed by atoms with Gasteiger partial charge in [0.15, 0.2) is 18.6 Å². The molecule has 14 heteroatoms. The summed E-state index contributed by atoms with van der Waals surface area (Å²) in [5.74, 6) is -6.66. The largest absolute Gasteiger partial charge is 0.486 e. The Morgan fingerprint density at radius 3 is 2.00 bits per heavy atom. The third kappa shape index (κ3) is 8.82. The molecule has 0 fully saturated rings. The fourth-order valence-electron chi connectivity index (χ4n) is 1.82. The number of carbonyl (C=O) groups is 2. The van der Waals surface area contributed by atoms with Gasteiger partial charge in [-0.05, 0) is 26.8 Å². The van der Waals surface area contributed by atoms with E-state index in [1.807, 2.05) is 0 Å². The molecule has 0 aliphatic heterocycles. The highest BCUT2D eigenvalue weighted by Gasteiger charge is 2.59. The van der Waals surface area contributed by atoms with Crippen molar-refractivity contribution in [2.75, 3.05) is 13.2 Å². The average molecular weight is 486 g/mol. The Labute approximate surface area is 178 Å². The lowest BCUT2D eigenvalue weighted by molar-refractivity contribution is -0.411. The summed E-state index contributed by atoms with van der Waals surface area (Å²) in [6.45, 7) is 4.05. The van der Waals surface area contributed by atoms with Crippen LogP contribution in [0.5, 0.6) is 0 Å². The molecule has 6 nitrogen and oxygen atoms in total. The quantitative estimate of drug-likeness (QED) is 0.150. The van der Waals surface area contributed by atoms with E-state index in [0.717, 1.165) is 0 Å². The van der Waals surface area contributed by atoms with E-state index < -0.39 is 67.3 Å². The van der Waals surface area contributed by atoms with Gasteiger partial charge in [-0.3, -0.25) is 14.3 Å². The average Bonchev–Trinajstić information content (AvgIpc) is 2.67. The summed E-state index contributed by atoms with van der Waals surface area (Å²) in [7, 11) is 0. The zero-order valence-corrected chi connectivity index (χ0v) is 17.2. The van der Waals surface area contributed by atoms with E-state index in [9.17, 15) is 44.7 Å². The molecule has 32 heavy (non-hydrogen) atoms. The van der Waals surface area contributed by atoms with E-state index in [2.05, 4.69) is 32.1 Å². The van der Waals surface area contributed by atoms with Crippen molar-refractivity contribution in [3.63, 3.8) is 0 Å². The van der Waals surface area contributed by atoms with Crippen LogP contribution in [0.15, 0.2) is 25.3 Å². The van der Waals surface area contributed by atoms with Gasteiger partial charge in [0.2, 0.25) is 6.17 Å². The maximum Gasteiger partial charge on any atom is 0.486 e. The predicted molar refractivity (Wildman–Crippen MR) is 92.7 cm³/mol. The minimum Gasteiger partial charge on any atom is -0.456 e. The Bertz CT molecular complexity index is 682. The summed E-state index contributed by atoms with van der Waals surface area (Å²) in [5.41, 5.74) is -3.22. The van der Waals surface area contributed by atoms with E-state index in [1.54, 1.807) is 0 Å². The first-order valence-corrected chi connectivity index (χ1v) is 8.70. The summed E-state index contributed by atoms with van der Waals surface area (Å²) < 4.78 is 126. The van der Waals surface area contributed by atoms with E-state index >= 15 is 0 Å². The van der Waals surface area contributed by atoms with Crippen molar-refractivity contribution in [3.05, 3.63) is 25.3 Å². The number of ether oxygens (including phenoxy) is 4. The Morgan fingerprint density at radius 2 is 1.53 bits per heavy atom. The number of ketones is 1. The summed E-state index contributed by atoms with van der Waals surface area (Å²) in [6, 6.07) is 0. The minimum absolute atomic E-state index is 0.376. The van der Waals surface area contributed by atoms with Gasteiger partial charge in [-0.25, -0.2) is 13.6 Å². The maximum absolute atomic E-state index is 14.1. The van der Waals surface area contributed by atoms with Crippen molar-refractivity contribution < 1.29 is 63.7 Å². The number of carbonyl (C=O) groups excluding carboxylic acids is 2. The van der Waals surface area contributed by atoms with E-state index in [0.29, 0.717) is 32.9 Å². The topological polar surface area (TPSA) is 71.1 Å². The molecule has 0 N–H and O–H groups in total. The van der Waals surface area contributed by atoms with Gasteiger partial charge in [0.1, 0.15) is 12.2 Å². The molecule has 0 aliphatic carbocycles. The molecule has 0 aromatic rings. The second kappa shape index (κ2) is 11.2. The summed E-state index contributed by atoms with van der Waals surface area (Å²) in [6.07, 6.45) is -19.0. The molecule has 0 heterocycles.